The van der Waals surface area contributed by atoms with Crippen LogP contribution in [0.5, 0.6) is 0 Å². The molecule has 0 spiro atoms. The van der Waals surface area contributed by atoms with Gasteiger partial charge in [-0.05, 0) is 18.1 Å². The zero-order valence-electron chi connectivity index (χ0n) is 7.32. The lowest BCUT2D eigenvalue weighted by Gasteiger charge is -2.15. The number of fused-ring (bicyclic) bond motifs is 1. The van der Waals surface area contributed by atoms with E-state index in [1.807, 2.05) is 6.07 Å². The molecule has 1 aromatic heterocycles. The fourth-order valence-electron chi connectivity index (χ4n) is 1.43. The largest absolute Gasteiger partial charge is 0.313 e. The topological polar surface area (TPSA) is 59.1 Å². The number of nitrogens with one attached hydrogen (secondary N) is 1. The molecule has 1 N–H and O–H groups in total. The van der Waals surface area contributed by atoms with Crippen LogP contribution in [-0.2, 0) is 11.2 Å². The van der Waals surface area contributed by atoms with Gasteiger partial charge >= 0.3 is 0 Å². The van der Waals surface area contributed by atoms with E-state index in [0.717, 1.165) is 17.7 Å². The number of carbonyl (C=O) groups excluding carboxylic acids is 2. The smallest absolute Gasteiger partial charge is 0.223 e. The summed E-state index contributed by atoms with van der Waals surface area (Å²) >= 11 is 1.27. The van der Waals surface area contributed by atoms with Gasteiger partial charge in [0.2, 0.25) is 11.5 Å². The molecule has 0 unspecified atom stereocenters. The SMILES string of the molecule is O=CNc1nccc2c1C(=O)SCC2. The molecule has 0 fully saturated rings. The zero-order chi connectivity index (χ0) is 9.97. The van der Waals surface area contributed by atoms with Crippen LogP contribution in [-0.4, -0.2) is 22.3 Å². The Morgan fingerprint density at radius 1 is 1.57 bits per heavy atom. The van der Waals surface area contributed by atoms with Crippen LogP contribution in [0.4, 0.5) is 5.82 Å². The molecule has 4 nitrogen and oxygen atoms in total. The Labute approximate surface area is 85.1 Å². The van der Waals surface area contributed by atoms with Crippen molar-refractivity contribution in [2.75, 3.05) is 11.1 Å². The summed E-state index contributed by atoms with van der Waals surface area (Å²) in [6.45, 7) is 0. The van der Waals surface area contributed by atoms with Gasteiger partial charge in [0, 0.05) is 11.9 Å². The molecule has 72 valence electrons. The van der Waals surface area contributed by atoms with Crippen LogP contribution < -0.4 is 5.32 Å². The monoisotopic (exact) mass is 208 g/mol. The maximum atomic E-state index is 11.5. The Kier molecular flexibility index (Phi) is 2.49. The Morgan fingerprint density at radius 3 is 3.21 bits per heavy atom. The molecule has 2 rings (SSSR count). The summed E-state index contributed by atoms with van der Waals surface area (Å²) in [6.07, 6.45) is 2.99. The van der Waals surface area contributed by atoms with Crippen molar-refractivity contribution in [3.05, 3.63) is 23.4 Å². The third-order valence-corrected chi connectivity index (χ3v) is 2.92. The average molecular weight is 208 g/mol. The highest BCUT2D eigenvalue weighted by Crippen LogP contribution is 2.28. The first kappa shape index (κ1) is 9.21. The van der Waals surface area contributed by atoms with Gasteiger partial charge in [-0.2, -0.15) is 0 Å². The molecule has 0 aliphatic carbocycles. The molecule has 1 aromatic rings. The quantitative estimate of drug-likeness (QED) is 0.739. The number of aromatic nitrogens is 1. The lowest BCUT2D eigenvalue weighted by atomic mass is 10.1. The van der Waals surface area contributed by atoms with Gasteiger partial charge < -0.3 is 5.32 Å². The molecule has 1 aliphatic rings. The van der Waals surface area contributed by atoms with Crippen LogP contribution in [0.3, 0.4) is 0 Å². The van der Waals surface area contributed by atoms with Crippen LogP contribution in [0.15, 0.2) is 12.3 Å². The first-order valence-corrected chi connectivity index (χ1v) is 5.16. The van der Waals surface area contributed by atoms with Crippen molar-refractivity contribution in [1.82, 2.24) is 4.98 Å². The number of carbonyl (C=O) groups is 2. The van der Waals surface area contributed by atoms with E-state index in [9.17, 15) is 9.59 Å². The number of thioether (sulfide) groups is 1. The van der Waals surface area contributed by atoms with Crippen molar-refractivity contribution in [3.8, 4) is 0 Å². The summed E-state index contributed by atoms with van der Waals surface area (Å²) in [5, 5.41) is 2.43. The molecule has 0 saturated carbocycles. The standard InChI is InChI=1S/C9H8N2O2S/c12-5-11-8-7-6(1-3-10-8)2-4-14-9(7)13/h1,3,5H,2,4H2,(H,10,11,12). The van der Waals surface area contributed by atoms with Gasteiger partial charge in [-0.25, -0.2) is 4.98 Å². The van der Waals surface area contributed by atoms with Crippen LogP contribution in [0, 0.1) is 0 Å². The second kappa shape index (κ2) is 3.79. The van der Waals surface area contributed by atoms with E-state index >= 15 is 0 Å². The van der Waals surface area contributed by atoms with Crippen molar-refractivity contribution < 1.29 is 9.59 Å². The van der Waals surface area contributed by atoms with E-state index in [1.165, 1.54) is 11.8 Å². The number of pyridine rings is 1. The predicted octanol–water partition coefficient (Wildman–Crippen LogP) is 1.08. The van der Waals surface area contributed by atoms with Crippen LogP contribution in [0.2, 0.25) is 0 Å². The van der Waals surface area contributed by atoms with Crippen molar-refractivity contribution in [3.63, 3.8) is 0 Å². The second-order valence-corrected chi connectivity index (χ2v) is 3.91. The van der Waals surface area contributed by atoms with E-state index in [4.69, 9.17) is 0 Å². The minimum atomic E-state index is -0.0105. The number of aryl methyl sites for hydroxylation is 1. The highest BCUT2D eigenvalue weighted by molar-refractivity contribution is 8.14. The lowest BCUT2D eigenvalue weighted by Crippen LogP contribution is -2.13. The molecule has 0 bridgehead atoms. The van der Waals surface area contributed by atoms with E-state index in [0.29, 0.717) is 17.8 Å². The minimum Gasteiger partial charge on any atom is -0.313 e. The Balaban J connectivity index is 2.51. The minimum absolute atomic E-state index is 0.0105. The van der Waals surface area contributed by atoms with Crippen LogP contribution in [0.25, 0.3) is 0 Å². The zero-order valence-corrected chi connectivity index (χ0v) is 8.13. The van der Waals surface area contributed by atoms with Gasteiger partial charge in [0.05, 0.1) is 5.56 Å². The summed E-state index contributed by atoms with van der Waals surface area (Å²) in [5.41, 5.74) is 1.52. The molecule has 14 heavy (non-hydrogen) atoms. The highest BCUT2D eigenvalue weighted by atomic mass is 32.2. The second-order valence-electron chi connectivity index (χ2n) is 2.84. The summed E-state index contributed by atoms with van der Waals surface area (Å²) in [5.74, 6) is 1.17. The fourth-order valence-corrected chi connectivity index (χ4v) is 2.31. The summed E-state index contributed by atoms with van der Waals surface area (Å²) in [6, 6.07) is 1.82. The van der Waals surface area contributed by atoms with Gasteiger partial charge in [-0.15, -0.1) is 0 Å². The molecule has 2 heterocycles. The number of amides is 1. The molecule has 1 amide bonds. The lowest BCUT2D eigenvalue weighted by molar-refractivity contribution is -0.105. The predicted molar refractivity (Wildman–Crippen MR) is 54.4 cm³/mol. The molecule has 0 atom stereocenters. The third kappa shape index (κ3) is 1.50. The molecule has 5 heteroatoms. The maximum absolute atomic E-state index is 11.5. The van der Waals surface area contributed by atoms with Crippen LogP contribution >= 0.6 is 11.8 Å². The summed E-state index contributed by atoms with van der Waals surface area (Å²) in [7, 11) is 0. The van der Waals surface area contributed by atoms with Gasteiger partial charge in [-0.3, -0.25) is 9.59 Å². The van der Waals surface area contributed by atoms with Gasteiger partial charge in [0.25, 0.3) is 0 Å². The highest BCUT2D eigenvalue weighted by Gasteiger charge is 2.21. The van der Waals surface area contributed by atoms with Gasteiger partial charge in [0.15, 0.2) is 0 Å². The van der Waals surface area contributed by atoms with E-state index in [1.54, 1.807) is 6.20 Å². The molecule has 0 aromatic carbocycles. The molecule has 1 aliphatic heterocycles. The van der Waals surface area contributed by atoms with Crippen molar-refractivity contribution >= 4 is 29.1 Å². The summed E-state index contributed by atoms with van der Waals surface area (Å²) < 4.78 is 0. The van der Waals surface area contributed by atoms with Crippen molar-refractivity contribution in [1.29, 1.82) is 0 Å². The Hall–Kier alpha value is -1.36. The van der Waals surface area contributed by atoms with E-state index < -0.39 is 0 Å². The number of hydrogen-bond donors (Lipinski definition) is 1. The normalized spacial score (nSPS) is 14.7. The van der Waals surface area contributed by atoms with Crippen LogP contribution in [0.1, 0.15) is 15.9 Å². The number of hydrogen-bond acceptors (Lipinski definition) is 4. The molecule has 0 saturated heterocycles. The van der Waals surface area contributed by atoms with Gasteiger partial charge in [0.1, 0.15) is 5.82 Å². The first-order chi connectivity index (χ1) is 6.83. The molecular weight excluding hydrogens is 200 g/mol. The van der Waals surface area contributed by atoms with E-state index in [2.05, 4.69) is 10.3 Å². The molecule has 0 radical (unpaired) electrons. The Bertz CT molecular complexity index is 392. The maximum Gasteiger partial charge on any atom is 0.223 e. The average Bonchev–Trinajstić information content (AvgIpc) is 2.19. The molecular formula is C9H8N2O2S. The number of nitrogens with zero attached hydrogens (tertiary/aromatic N) is 1. The van der Waals surface area contributed by atoms with Crippen molar-refractivity contribution in [2.45, 2.75) is 6.42 Å². The number of rotatable bonds is 2. The number of anilines is 1. The van der Waals surface area contributed by atoms with Gasteiger partial charge in [-0.1, -0.05) is 11.8 Å². The summed E-state index contributed by atoms with van der Waals surface area (Å²) in [4.78, 5) is 25.8. The fraction of sp³-hybridized carbons (Fsp3) is 0.222. The van der Waals surface area contributed by atoms with Crippen molar-refractivity contribution in [2.24, 2.45) is 0 Å². The van der Waals surface area contributed by atoms with E-state index in [-0.39, 0.29) is 5.12 Å². The Morgan fingerprint density at radius 2 is 2.43 bits per heavy atom. The third-order valence-electron chi connectivity index (χ3n) is 2.04. The first-order valence-electron chi connectivity index (χ1n) is 4.18.